The number of methoxy groups -OCH3 is 1. The molecule has 2 saturated heterocycles. The summed E-state index contributed by atoms with van der Waals surface area (Å²) < 4.78 is 10.7. The van der Waals surface area contributed by atoms with Crippen LogP contribution in [0.4, 0.5) is 0 Å². The van der Waals surface area contributed by atoms with E-state index in [-0.39, 0.29) is 17.7 Å². The van der Waals surface area contributed by atoms with Crippen molar-refractivity contribution in [1.82, 2.24) is 23.9 Å². The molecule has 9 heteroatoms. The number of aliphatic hydroxyl groups is 1. The van der Waals surface area contributed by atoms with E-state index in [4.69, 9.17) is 9.72 Å². The fourth-order valence-electron chi connectivity index (χ4n) is 9.59. The van der Waals surface area contributed by atoms with Crippen molar-refractivity contribution in [3.8, 4) is 17.3 Å². The van der Waals surface area contributed by atoms with Gasteiger partial charge in [-0.2, -0.15) is 0 Å². The lowest BCUT2D eigenvalue weighted by Gasteiger charge is -2.52. The van der Waals surface area contributed by atoms with E-state index in [9.17, 15) is 14.7 Å². The number of aromatic nitrogens is 3. The van der Waals surface area contributed by atoms with Gasteiger partial charge in [-0.15, -0.1) is 0 Å². The minimum absolute atomic E-state index is 0.0601. The van der Waals surface area contributed by atoms with E-state index in [1.54, 1.807) is 7.11 Å². The molecule has 256 valence electrons. The molecule has 0 spiro atoms. The first-order chi connectivity index (χ1) is 24.3. The number of nitrogens with zero attached hydrogens (tertiary/aromatic N) is 5. The largest absolute Gasteiger partial charge is 0.494 e. The molecule has 2 aromatic heterocycles. The molecule has 5 aliphatic rings. The van der Waals surface area contributed by atoms with Crippen LogP contribution >= 0.6 is 0 Å². The lowest BCUT2D eigenvalue weighted by atomic mass is 9.53. The van der Waals surface area contributed by atoms with Crippen LogP contribution in [0.15, 0.2) is 66.7 Å². The number of amides is 2. The third-order valence-electron chi connectivity index (χ3n) is 12.5. The highest BCUT2D eigenvalue weighted by Crippen LogP contribution is 2.61. The van der Waals surface area contributed by atoms with Crippen LogP contribution in [-0.2, 0) is 13.1 Å². The van der Waals surface area contributed by atoms with Crippen molar-refractivity contribution in [2.24, 2.45) is 29.6 Å². The van der Waals surface area contributed by atoms with Crippen LogP contribution < -0.4 is 4.74 Å². The van der Waals surface area contributed by atoms with Crippen molar-refractivity contribution in [2.45, 2.75) is 57.8 Å². The number of carbonyl (C=O) groups excluding carboxylic acids is 2. The number of likely N-dealkylation sites (tertiary alicyclic amines) is 2. The van der Waals surface area contributed by atoms with E-state index in [1.807, 2.05) is 60.4 Å². The normalized spacial score (nSPS) is 24.5. The van der Waals surface area contributed by atoms with Crippen molar-refractivity contribution < 1.29 is 19.4 Å². The summed E-state index contributed by atoms with van der Waals surface area (Å²) in [5, 5.41) is 11.6. The fraction of sp³-hybridized carbons (Fsp3) is 0.439. The van der Waals surface area contributed by atoms with Gasteiger partial charge in [-0.1, -0.05) is 30.3 Å². The van der Waals surface area contributed by atoms with Gasteiger partial charge in [-0.3, -0.25) is 9.59 Å². The average Bonchev–Trinajstić information content (AvgIpc) is 3.75. The lowest BCUT2D eigenvalue weighted by molar-refractivity contribution is -0.0204. The van der Waals surface area contributed by atoms with E-state index < -0.39 is 6.10 Å². The van der Waals surface area contributed by atoms with Gasteiger partial charge < -0.3 is 28.8 Å². The molecular formula is C41H43N5O4. The molecule has 0 bridgehead atoms. The van der Waals surface area contributed by atoms with E-state index in [1.165, 1.54) is 19.3 Å². The van der Waals surface area contributed by atoms with Gasteiger partial charge in [0.2, 0.25) is 0 Å². The average molecular weight is 670 g/mol. The Kier molecular flexibility index (Phi) is 6.76. The summed E-state index contributed by atoms with van der Waals surface area (Å²) in [5.41, 5.74) is 5.99. The zero-order valence-electron chi connectivity index (χ0n) is 28.7. The van der Waals surface area contributed by atoms with Crippen LogP contribution in [0.5, 0.6) is 5.75 Å². The van der Waals surface area contributed by atoms with Crippen molar-refractivity contribution in [1.29, 1.82) is 0 Å². The number of imidazole rings is 1. The maximum Gasteiger partial charge on any atom is 0.254 e. The summed E-state index contributed by atoms with van der Waals surface area (Å²) in [4.78, 5) is 36.7. The number of carbonyl (C=O) groups is 2. The minimum atomic E-state index is -0.561. The predicted molar refractivity (Wildman–Crippen MR) is 191 cm³/mol. The molecule has 9 nitrogen and oxygen atoms in total. The van der Waals surface area contributed by atoms with Crippen LogP contribution in [0.25, 0.3) is 33.5 Å². The van der Waals surface area contributed by atoms with Gasteiger partial charge in [-0.05, 0) is 98.2 Å². The molecule has 4 heterocycles. The van der Waals surface area contributed by atoms with Gasteiger partial charge in [0.05, 0.1) is 24.4 Å². The SMILES string of the molecule is COc1cc(C(=O)N2CC3CC4CC2[C@H]43)cc2nc(-c3cc4ccc(C(C)O)cc4n3CC3CC3)n(CC3CN(C(=O)c4ccccc4)C3)c12. The molecule has 5 aromatic rings. The van der Waals surface area contributed by atoms with Crippen molar-refractivity contribution in [2.75, 3.05) is 26.7 Å². The number of hydrogen-bond acceptors (Lipinski definition) is 5. The minimum Gasteiger partial charge on any atom is -0.494 e. The Morgan fingerprint density at radius 3 is 2.40 bits per heavy atom. The monoisotopic (exact) mass is 669 g/mol. The summed E-state index contributed by atoms with van der Waals surface area (Å²) in [6, 6.07) is 22.2. The number of benzene rings is 3. The van der Waals surface area contributed by atoms with Crippen LogP contribution in [0, 0.1) is 29.6 Å². The van der Waals surface area contributed by atoms with E-state index in [0.29, 0.717) is 60.3 Å². The summed E-state index contributed by atoms with van der Waals surface area (Å²) in [5.74, 6) is 4.67. The van der Waals surface area contributed by atoms with Crippen LogP contribution in [0.3, 0.4) is 0 Å². The van der Waals surface area contributed by atoms with Crippen LogP contribution in [0.1, 0.15) is 65.0 Å². The van der Waals surface area contributed by atoms with Crippen molar-refractivity contribution >= 4 is 33.8 Å². The summed E-state index contributed by atoms with van der Waals surface area (Å²) in [6.45, 7) is 5.54. The summed E-state index contributed by atoms with van der Waals surface area (Å²) in [7, 11) is 1.68. The highest BCUT2D eigenvalue weighted by molar-refractivity contribution is 6.01. The Morgan fingerprint density at radius 1 is 0.880 bits per heavy atom. The van der Waals surface area contributed by atoms with E-state index in [2.05, 4.69) is 32.2 Å². The first-order valence-corrected chi connectivity index (χ1v) is 18.4. The Bertz CT molecular complexity index is 2180. The molecule has 4 unspecified atom stereocenters. The first-order valence-electron chi connectivity index (χ1n) is 18.4. The zero-order chi connectivity index (χ0) is 33.8. The molecule has 3 aliphatic carbocycles. The number of aliphatic hydroxyl groups excluding tert-OH is 1. The highest BCUT2D eigenvalue weighted by Gasteiger charge is 2.61. The lowest BCUT2D eigenvalue weighted by Crippen LogP contribution is -2.53. The third kappa shape index (κ3) is 4.65. The van der Waals surface area contributed by atoms with Gasteiger partial charge in [0.15, 0.2) is 5.82 Å². The van der Waals surface area contributed by atoms with Gasteiger partial charge in [-0.25, -0.2) is 4.98 Å². The molecular weight excluding hydrogens is 626 g/mol. The molecule has 3 saturated carbocycles. The Labute approximate surface area is 291 Å². The molecule has 1 N–H and O–H groups in total. The number of fused-ring (bicyclic) bond motifs is 2. The quantitative estimate of drug-likeness (QED) is 0.197. The van der Waals surface area contributed by atoms with Gasteiger partial charge in [0.1, 0.15) is 11.3 Å². The smallest absolute Gasteiger partial charge is 0.254 e. The molecule has 10 rings (SSSR count). The molecule has 0 radical (unpaired) electrons. The second kappa shape index (κ2) is 11.2. The molecule has 2 amide bonds. The fourth-order valence-corrected chi connectivity index (χ4v) is 9.59. The maximum atomic E-state index is 14.1. The van der Waals surface area contributed by atoms with E-state index in [0.717, 1.165) is 64.4 Å². The zero-order valence-corrected chi connectivity index (χ0v) is 28.7. The summed E-state index contributed by atoms with van der Waals surface area (Å²) >= 11 is 0. The third-order valence-corrected chi connectivity index (χ3v) is 12.5. The molecule has 5 fully saturated rings. The van der Waals surface area contributed by atoms with Crippen LogP contribution in [-0.4, -0.2) is 73.6 Å². The second-order valence-corrected chi connectivity index (χ2v) is 15.7. The Balaban J connectivity index is 1.07. The number of hydrogen-bond donors (Lipinski definition) is 1. The predicted octanol–water partition coefficient (Wildman–Crippen LogP) is 6.38. The van der Waals surface area contributed by atoms with Gasteiger partial charge in [0.25, 0.3) is 11.8 Å². The Morgan fingerprint density at radius 2 is 1.68 bits per heavy atom. The highest BCUT2D eigenvalue weighted by atomic mass is 16.5. The topological polar surface area (TPSA) is 92.8 Å². The standard InChI is InChI=1S/C41H43N5O4/c1-23(47)27-10-11-28-15-35(44(33(28)14-27)20-24-8-9-24)39-42-32-13-30(41(49)45-22-31-12-29-16-34(45)37(29)31)17-36(50-2)38(32)46(39)21-25-18-43(19-25)40(48)26-6-4-3-5-7-26/h3-7,10-11,13-15,17,23-25,29,31,34,37,47H,8-9,12,16,18-22H2,1-2H3/t23?,29?,31?,34?,37-/m1/s1. The van der Waals surface area contributed by atoms with Crippen molar-refractivity contribution in [3.05, 3.63) is 83.4 Å². The molecule has 50 heavy (non-hydrogen) atoms. The molecule has 3 aromatic carbocycles. The molecule has 5 atom stereocenters. The van der Waals surface area contributed by atoms with Crippen molar-refractivity contribution in [3.63, 3.8) is 0 Å². The van der Waals surface area contributed by atoms with Gasteiger partial charge >= 0.3 is 0 Å². The maximum absolute atomic E-state index is 14.1. The van der Waals surface area contributed by atoms with E-state index >= 15 is 0 Å². The van der Waals surface area contributed by atoms with Gasteiger partial charge in [0, 0.05) is 66.7 Å². The van der Waals surface area contributed by atoms with Crippen LogP contribution in [0.2, 0.25) is 0 Å². The second-order valence-electron chi connectivity index (χ2n) is 15.7. The molecule has 2 aliphatic heterocycles. The number of rotatable bonds is 9. The Hall–Kier alpha value is -4.63. The number of ether oxygens (including phenoxy) is 1. The summed E-state index contributed by atoms with van der Waals surface area (Å²) in [6.07, 6.45) is 4.26. The first kappa shape index (κ1) is 30.2.